The SMILES string of the molecule is CC(C)(C)OC(=O)NC1(C(=O)OC2CCCC2)CC1CO[Si](C)(C)C(C)(C)C. The van der Waals surface area contributed by atoms with Gasteiger partial charge in [-0.15, -0.1) is 0 Å². The van der Waals surface area contributed by atoms with Gasteiger partial charge in [0.2, 0.25) is 0 Å². The maximum Gasteiger partial charge on any atom is 0.408 e. The molecule has 0 aliphatic heterocycles. The monoisotopic (exact) mass is 413 g/mol. The molecular weight excluding hydrogens is 374 g/mol. The summed E-state index contributed by atoms with van der Waals surface area (Å²) in [7, 11) is -1.93. The van der Waals surface area contributed by atoms with E-state index in [0.29, 0.717) is 13.0 Å². The second-order valence-corrected chi connectivity index (χ2v) is 15.7. The molecule has 2 aliphatic rings. The minimum Gasteiger partial charge on any atom is -0.461 e. The fourth-order valence-corrected chi connectivity index (χ4v) is 4.31. The smallest absolute Gasteiger partial charge is 0.408 e. The molecule has 0 aromatic carbocycles. The first-order valence-electron chi connectivity index (χ1n) is 10.5. The zero-order valence-corrected chi connectivity index (χ0v) is 19.9. The van der Waals surface area contributed by atoms with E-state index in [0.717, 1.165) is 25.7 Å². The van der Waals surface area contributed by atoms with Gasteiger partial charge in [-0.3, -0.25) is 0 Å². The summed E-state index contributed by atoms with van der Waals surface area (Å²) in [4.78, 5) is 25.4. The third kappa shape index (κ3) is 5.72. The van der Waals surface area contributed by atoms with Crippen LogP contribution in [0.15, 0.2) is 0 Å². The van der Waals surface area contributed by atoms with Crippen LogP contribution in [0, 0.1) is 5.92 Å². The molecule has 2 saturated carbocycles. The topological polar surface area (TPSA) is 73.9 Å². The van der Waals surface area contributed by atoms with Gasteiger partial charge in [0.15, 0.2) is 8.32 Å². The molecule has 0 aromatic heterocycles. The van der Waals surface area contributed by atoms with Gasteiger partial charge in [-0.25, -0.2) is 9.59 Å². The number of carbonyl (C=O) groups excluding carboxylic acids is 2. The number of alkyl carbamates (subject to hydrolysis) is 1. The van der Waals surface area contributed by atoms with Gasteiger partial charge in [0.1, 0.15) is 17.2 Å². The Hall–Kier alpha value is -1.08. The number of amides is 1. The van der Waals surface area contributed by atoms with Crippen molar-refractivity contribution in [2.45, 2.75) is 109 Å². The average Bonchev–Trinajstić information content (AvgIpc) is 2.94. The fraction of sp³-hybridized carbons (Fsp3) is 0.905. The summed E-state index contributed by atoms with van der Waals surface area (Å²) in [6.07, 6.45) is 3.90. The molecule has 0 saturated heterocycles. The van der Waals surface area contributed by atoms with E-state index in [-0.39, 0.29) is 23.0 Å². The van der Waals surface area contributed by atoms with Gasteiger partial charge in [-0.2, -0.15) is 0 Å². The Morgan fingerprint density at radius 2 is 1.64 bits per heavy atom. The first kappa shape index (κ1) is 23.2. The summed E-state index contributed by atoms with van der Waals surface area (Å²) in [6, 6.07) is 0. The van der Waals surface area contributed by atoms with Gasteiger partial charge >= 0.3 is 12.1 Å². The van der Waals surface area contributed by atoms with Crippen molar-refractivity contribution in [1.82, 2.24) is 5.32 Å². The van der Waals surface area contributed by atoms with E-state index in [1.165, 1.54) is 0 Å². The van der Waals surface area contributed by atoms with E-state index in [2.05, 4.69) is 39.2 Å². The van der Waals surface area contributed by atoms with E-state index in [1.54, 1.807) is 20.8 Å². The highest BCUT2D eigenvalue weighted by Gasteiger charge is 2.63. The van der Waals surface area contributed by atoms with Crippen LogP contribution in [0.5, 0.6) is 0 Å². The number of nitrogens with one attached hydrogen (secondary N) is 1. The van der Waals surface area contributed by atoms with Crippen LogP contribution in [0.3, 0.4) is 0 Å². The lowest BCUT2D eigenvalue weighted by atomic mass is 10.2. The van der Waals surface area contributed by atoms with E-state index in [1.807, 2.05) is 0 Å². The summed E-state index contributed by atoms with van der Waals surface area (Å²) in [5.41, 5.74) is -1.64. The van der Waals surface area contributed by atoms with E-state index in [9.17, 15) is 9.59 Å². The highest BCUT2D eigenvalue weighted by atomic mass is 28.4. The van der Waals surface area contributed by atoms with Crippen molar-refractivity contribution in [3.63, 3.8) is 0 Å². The van der Waals surface area contributed by atoms with Gasteiger partial charge in [-0.05, 0) is 71.0 Å². The maximum atomic E-state index is 13.0. The van der Waals surface area contributed by atoms with Crippen LogP contribution in [-0.4, -0.2) is 44.2 Å². The van der Waals surface area contributed by atoms with Gasteiger partial charge in [0.05, 0.1) is 0 Å². The molecule has 2 aliphatic carbocycles. The molecule has 2 fully saturated rings. The maximum absolute atomic E-state index is 13.0. The normalized spacial score (nSPS) is 26.1. The Bertz CT molecular complexity index is 587. The molecule has 7 heteroatoms. The van der Waals surface area contributed by atoms with Crippen LogP contribution in [0.1, 0.15) is 73.6 Å². The quantitative estimate of drug-likeness (QED) is 0.501. The largest absolute Gasteiger partial charge is 0.461 e. The number of esters is 1. The Morgan fingerprint density at radius 1 is 1.07 bits per heavy atom. The van der Waals surface area contributed by atoms with Crippen molar-refractivity contribution in [1.29, 1.82) is 0 Å². The van der Waals surface area contributed by atoms with Crippen LogP contribution in [-0.2, 0) is 18.7 Å². The third-order valence-electron chi connectivity index (χ3n) is 6.22. The molecule has 1 amide bonds. The van der Waals surface area contributed by atoms with Gasteiger partial charge in [0, 0.05) is 12.5 Å². The molecule has 0 aromatic rings. The molecule has 162 valence electrons. The minimum absolute atomic E-state index is 0.0348. The molecular formula is C21H39NO5Si. The molecule has 1 N–H and O–H groups in total. The summed E-state index contributed by atoms with van der Waals surface area (Å²) >= 11 is 0. The Balaban J connectivity index is 2.06. The Kier molecular flexibility index (Phi) is 6.61. The molecule has 2 unspecified atom stereocenters. The predicted octanol–water partition coefficient (Wildman–Crippen LogP) is 4.78. The van der Waals surface area contributed by atoms with Crippen molar-refractivity contribution in [2.24, 2.45) is 5.92 Å². The number of ether oxygens (including phenoxy) is 2. The summed E-state index contributed by atoms with van der Waals surface area (Å²) < 4.78 is 17.5. The first-order valence-corrected chi connectivity index (χ1v) is 13.4. The van der Waals surface area contributed by atoms with Gasteiger partial charge in [0.25, 0.3) is 0 Å². The van der Waals surface area contributed by atoms with Crippen LogP contribution in [0.2, 0.25) is 18.1 Å². The minimum atomic E-state index is -1.93. The molecule has 28 heavy (non-hydrogen) atoms. The number of hydrogen-bond acceptors (Lipinski definition) is 5. The zero-order chi connectivity index (χ0) is 21.4. The summed E-state index contributed by atoms with van der Waals surface area (Å²) in [5, 5.41) is 2.91. The zero-order valence-electron chi connectivity index (χ0n) is 18.9. The van der Waals surface area contributed by atoms with E-state index < -0.39 is 25.6 Å². The highest BCUT2D eigenvalue weighted by Crippen LogP contribution is 2.47. The van der Waals surface area contributed by atoms with E-state index >= 15 is 0 Å². The highest BCUT2D eigenvalue weighted by molar-refractivity contribution is 6.74. The second kappa shape index (κ2) is 7.98. The third-order valence-corrected chi connectivity index (χ3v) is 10.7. The van der Waals surface area contributed by atoms with E-state index in [4.69, 9.17) is 13.9 Å². The second-order valence-electron chi connectivity index (χ2n) is 10.9. The molecule has 0 heterocycles. The summed E-state index contributed by atoms with van der Waals surface area (Å²) in [6.45, 7) is 16.8. The lowest BCUT2D eigenvalue weighted by Gasteiger charge is -2.36. The molecule has 2 rings (SSSR count). The van der Waals surface area contributed by atoms with Crippen molar-refractivity contribution in [3.05, 3.63) is 0 Å². The van der Waals surface area contributed by atoms with Crippen molar-refractivity contribution in [2.75, 3.05) is 6.61 Å². The summed E-state index contributed by atoms with van der Waals surface area (Å²) in [5.74, 6) is -0.419. The number of hydrogen-bond donors (Lipinski definition) is 1. The van der Waals surface area contributed by atoms with Gasteiger partial charge < -0.3 is 19.2 Å². The van der Waals surface area contributed by atoms with Gasteiger partial charge in [-0.1, -0.05) is 20.8 Å². The lowest BCUT2D eigenvalue weighted by Crippen LogP contribution is -2.49. The van der Waals surface area contributed by atoms with Crippen molar-refractivity contribution < 1.29 is 23.5 Å². The first-order chi connectivity index (χ1) is 12.7. The van der Waals surface area contributed by atoms with Crippen molar-refractivity contribution >= 4 is 20.4 Å². The van der Waals surface area contributed by atoms with Crippen LogP contribution < -0.4 is 5.32 Å². The lowest BCUT2D eigenvalue weighted by molar-refractivity contribution is -0.153. The Morgan fingerprint density at radius 3 is 2.14 bits per heavy atom. The standard InChI is InChI=1S/C21H39NO5Si/c1-19(2,3)27-18(24)22-21(17(23)26-16-11-9-10-12-16)13-15(21)14-25-28(7,8)20(4,5)6/h15-16H,9-14H2,1-8H3,(H,22,24). The molecule has 6 nitrogen and oxygen atoms in total. The molecule has 2 atom stereocenters. The number of rotatable bonds is 6. The van der Waals surface area contributed by atoms with Crippen molar-refractivity contribution in [3.8, 4) is 0 Å². The molecule has 0 bridgehead atoms. The Labute approximate surface area is 171 Å². The fourth-order valence-electron chi connectivity index (χ4n) is 3.26. The average molecular weight is 414 g/mol. The van der Waals surface area contributed by atoms with Crippen LogP contribution in [0.4, 0.5) is 4.79 Å². The molecule has 0 radical (unpaired) electrons. The molecule has 0 spiro atoms. The number of carbonyl (C=O) groups is 2. The predicted molar refractivity (Wildman–Crippen MR) is 112 cm³/mol. The van der Waals surface area contributed by atoms with Crippen LogP contribution >= 0.6 is 0 Å². The van der Waals surface area contributed by atoms with Crippen LogP contribution in [0.25, 0.3) is 0 Å².